The van der Waals surface area contributed by atoms with Crippen molar-refractivity contribution in [1.82, 2.24) is 15.5 Å². The van der Waals surface area contributed by atoms with Crippen molar-refractivity contribution in [1.29, 1.82) is 0 Å². The van der Waals surface area contributed by atoms with Crippen LogP contribution in [0.3, 0.4) is 0 Å². The molecule has 0 unspecified atom stereocenters. The molecule has 0 atom stereocenters. The highest BCUT2D eigenvalue weighted by molar-refractivity contribution is 5.75. The predicted molar refractivity (Wildman–Crippen MR) is 80.6 cm³/mol. The number of amides is 1. The lowest BCUT2D eigenvalue weighted by Gasteiger charge is -2.02. The Morgan fingerprint density at radius 3 is 2.81 bits per heavy atom. The largest absolute Gasteiger partial charge is 0.356 e. The van der Waals surface area contributed by atoms with Crippen LogP contribution >= 0.6 is 0 Å². The van der Waals surface area contributed by atoms with Crippen molar-refractivity contribution in [3.05, 3.63) is 36.2 Å². The molecule has 0 aliphatic heterocycles. The van der Waals surface area contributed by atoms with E-state index < -0.39 is 0 Å². The van der Waals surface area contributed by atoms with Crippen LogP contribution in [0.2, 0.25) is 0 Å². The van der Waals surface area contributed by atoms with E-state index in [0.717, 1.165) is 24.9 Å². The van der Waals surface area contributed by atoms with E-state index in [1.54, 1.807) is 0 Å². The fourth-order valence-electron chi connectivity index (χ4n) is 1.95. The molecule has 5 heteroatoms. The van der Waals surface area contributed by atoms with Crippen LogP contribution < -0.4 is 5.32 Å². The minimum absolute atomic E-state index is 0.0891. The Morgan fingerprint density at radius 1 is 1.24 bits per heavy atom. The van der Waals surface area contributed by atoms with E-state index in [-0.39, 0.29) is 5.91 Å². The van der Waals surface area contributed by atoms with Crippen LogP contribution in [-0.4, -0.2) is 22.6 Å². The molecule has 5 nitrogen and oxygen atoms in total. The van der Waals surface area contributed by atoms with Gasteiger partial charge in [0.1, 0.15) is 0 Å². The van der Waals surface area contributed by atoms with E-state index in [9.17, 15) is 4.79 Å². The summed E-state index contributed by atoms with van der Waals surface area (Å²) in [5.74, 6) is 1.26. The summed E-state index contributed by atoms with van der Waals surface area (Å²) in [6, 6.07) is 9.70. The maximum Gasteiger partial charge on any atom is 0.226 e. The van der Waals surface area contributed by atoms with Gasteiger partial charge in [-0.2, -0.15) is 4.98 Å². The van der Waals surface area contributed by atoms with E-state index in [1.807, 2.05) is 30.3 Å². The van der Waals surface area contributed by atoms with Gasteiger partial charge in [-0.25, -0.2) is 0 Å². The Kier molecular flexibility index (Phi) is 5.94. The lowest BCUT2D eigenvalue weighted by atomic mass is 10.2. The molecule has 0 saturated heterocycles. The van der Waals surface area contributed by atoms with Crippen LogP contribution in [0.15, 0.2) is 34.9 Å². The summed E-state index contributed by atoms with van der Waals surface area (Å²) in [5.41, 5.74) is 0.935. The molecule has 21 heavy (non-hydrogen) atoms. The van der Waals surface area contributed by atoms with Crippen LogP contribution in [0.25, 0.3) is 11.4 Å². The van der Waals surface area contributed by atoms with Gasteiger partial charge in [0.15, 0.2) is 0 Å². The third-order valence-corrected chi connectivity index (χ3v) is 3.15. The first-order valence-corrected chi connectivity index (χ1v) is 7.44. The topological polar surface area (TPSA) is 68.0 Å². The number of carbonyl (C=O) groups is 1. The molecule has 112 valence electrons. The van der Waals surface area contributed by atoms with Gasteiger partial charge in [0.2, 0.25) is 17.6 Å². The number of aryl methyl sites for hydroxylation is 1. The first-order chi connectivity index (χ1) is 10.3. The molecule has 1 amide bonds. The Balaban J connectivity index is 1.75. The lowest BCUT2D eigenvalue weighted by molar-refractivity contribution is -0.121. The average Bonchev–Trinajstić information content (AvgIpc) is 2.97. The first kappa shape index (κ1) is 15.2. The monoisotopic (exact) mass is 287 g/mol. The molecule has 1 N–H and O–H groups in total. The molecule has 1 heterocycles. The van der Waals surface area contributed by atoms with E-state index in [4.69, 9.17) is 4.52 Å². The van der Waals surface area contributed by atoms with Crippen molar-refractivity contribution < 1.29 is 9.32 Å². The molecule has 0 aliphatic rings. The quantitative estimate of drug-likeness (QED) is 0.758. The second-order valence-corrected chi connectivity index (χ2v) is 4.93. The smallest absolute Gasteiger partial charge is 0.226 e. The second kappa shape index (κ2) is 8.19. The first-order valence-electron chi connectivity index (χ1n) is 7.44. The van der Waals surface area contributed by atoms with Crippen LogP contribution in [0.1, 0.15) is 38.5 Å². The number of carbonyl (C=O) groups excluding carboxylic acids is 1. The van der Waals surface area contributed by atoms with Crippen molar-refractivity contribution in [3.63, 3.8) is 0 Å². The molecule has 0 bridgehead atoms. The zero-order valence-electron chi connectivity index (χ0n) is 12.3. The molecule has 2 rings (SSSR count). The maximum atomic E-state index is 11.6. The number of aromatic nitrogens is 2. The van der Waals surface area contributed by atoms with Gasteiger partial charge in [0, 0.05) is 24.9 Å². The SMILES string of the molecule is CCCCNC(=O)CCCc1nc(-c2ccccc2)no1. The van der Waals surface area contributed by atoms with E-state index >= 15 is 0 Å². The highest BCUT2D eigenvalue weighted by atomic mass is 16.5. The van der Waals surface area contributed by atoms with Crippen LogP contribution in [0.5, 0.6) is 0 Å². The van der Waals surface area contributed by atoms with E-state index in [2.05, 4.69) is 22.4 Å². The van der Waals surface area contributed by atoms with E-state index in [1.165, 1.54) is 0 Å². The zero-order valence-corrected chi connectivity index (χ0v) is 12.3. The lowest BCUT2D eigenvalue weighted by Crippen LogP contribution is -2.23. The Labute approximate surface area is 124 Å². The summed E-state index contributed by atoms with van der Waals surface area (Å²) in [5, 5.41) is 6.85. The summed E-state index contributed by atoms with van der Waals surface area (Å²) in [4.78, 5) is 15.9. The molecule has 0 aliphatic carbocycles. The van der Waals surface area contributed by atoms with Crippen LogP contribution in [0.4, 0.5) is 0 Å². The minimum atomic E-state index is 0.0891. The van der Waals surface area contributed by atoms with Gasteiger partial charge in [-0.1, -0.05) is 48.8 Å². The van der Waals surface area contributed by atoms with Crippen LogP contribution in [-0.2, 0) is 11.2 Å². The van der Waals surface area contributed by atoms with Crippen molar-refractivity contribution in [2.45, 2.75) is 39.0 Å². The van der Waals surface area contributed by atoms with E-state index in [0.29, 0.717) is 31.0 Å². The predicted octanol–water partition coefficient (Wildman–Crippen LogP) is 2.98. The Hall–Kier alpha value is -2.17. The van der Waals surface area contributed by atoms with Crippen molar-refractivity contribution in [3.8, 4) is 11.4 Å². The molecule has 0 spiro atoms. The third-order valence-electron chi connectivity index (χ3n) is 3.15. The standard InChI is InChI=1S/C16H21N3O2/c1-2-3-12-17-14(20)10-7-11-15-18-16(19-21-15)13-8-5-4-6-9-13/h4-6,8-9H,2-3,7,10-12H2,1H3,(H,17,20). The number of nitrogens with one attached hydrogen (secondary N) is 1. The molecule has 0 radical (unpaired) electrons. The zero-order chi connectivity index (χ0) is 14.9. The molecule has 1 aromatic carbocycles. The molecule has 0 saturated carbocycles. The van der Waals surface area contributed by atoms with Crippen molar-refractivity contribution in [2.24, 2.45) is 0 Å². The molecule has 2 aromatic rings. The number of hydrogen-bond acceptors (Lipinski definition) is 4. The Bertz CT molecular complexity index is 552. The van der Waals surface area contributed by atoms with Gasteiger partial charge in [-0.15, -0.1) is 0 Å². The Morgan fingerprint density at radius 2 is 2.05 bits per heavy atom. The maximum absolute atomic E-state index is 11.6. The molecule has 1 aromatic heterocycles. The highest BCUT2D eigenvalue weighted by Gasteiger charge is 2.09. The number of unbranched alkanes of at least 4 members (excludes halogenated alkanes) is 1. The normalized spacial score (nSPS) is 10.5. The summed E-state index contributed by atoms with van der Waals surface area (Å²) in [7, 11) is 0. The van der Waals surface area contributed by atoms with Gasteiger partial charge in [0.05, 0.1) is 0 Å². The third kappa shape index (κ3) is 5.02. The summed E-state index contributed by atoms with van der Waals surface area (Å²) < 4.78 is 5.21. The summed E-state index contributed by atoms with van der Waals surface area (Å²) >= 11 is 0. The van der Waals surface area contributed by atoms with Crippen molar-refractivity contribution in [2.75, 3.05) is 6.54 Å². The molecular weight excluding hydrogens is 266 g/mol. The molecular formula is C16H21N3O2. The van der Waals surface area contributed by atoms with Gasteiger partial charge in [0.25, 0.3) is 0 Å². The number of benzene rings is 1. The van der Waals surface area contributed by atoms with Gasteiger partial charge >= 0.3 is 0 Å². The number of hydrogen-bond donors (Lipinski definition) is 1. The van der Waals surface area contributed by atoms with Gasteiger partial charge in [-0.3, -0.25) is 4.79 Å². The molecule has 0 fully saturated rings. The number of rotatable bonds is 8. The minimum Gasteiger partial charge on any atom is -0.356 e. The fraction of sp³-hybridized carbons (Fsp3) is 0.438. The summed E-state index contributed by atoms with van der Waals surface area (Å²) in [6.07, 6.45) is 3.95. The highest BCUT2D eigenvalue weighted by Crippen LogP contribution is 2.15. The summed E-state index contributed by atoms with van der Waals surface area (Å²) in [6.45, 7) is 2.86. The van der Waals surface area contributed by atoms with Gasteiger partial charge in [-0.05, 0) is 12.8 Å². The van der Waals surface area contributed by atoms with Crippen molar-refractivity contribution >= 4 is 5.91 Å². The van der Waals surface area contributed by atoms with Crippen LogP contribution in [0, 0.1) is 0 Å². The fourth-order valence-corrected chi connectivity index (χ4v) is 1.95. The second-order valence-electron chi connectivity index (χ2n) is 4.93. The number of nitrogens with zero attached hydrogens (tertiary/aromatic N) is 2. The van der Waals surface area contributed by atoms with Gasteiger partial charge < -0.3 is 9.84 Å². The average molecular weight is 287 g/mol.